The number of ether oxygens (including phenoxy) is 1. The molecule has 3 heterocycles. The number of hydrogen-bond acceptors (Lipinski definition) is 6. The number of rotatable bonds is 3. The first kappa shape index (κ1) is 16.6. The molecule has 1 unspecified atom stereocenters. The molecular weight excluding hydrogens is 314 g/mol. The number of carbonyl (C=O) groups excluding carboxylic acids is 1. The average molecular weight is 339 g/mol. The summed E-state index contributed by atoms with van der Waals surface area (Å²) in [7, 11) is 0. The van der Waals surface area contributed by atoms with Crippen LogP contribution >= 0.6 is 11.8 Å². The van der Waals surface area contributed by atoms with E-state index in [2.05, 4.69) is 10.1 Å². The van der Waals surface area contributed by atoms with Gasteiger partial charge < -0.3 is 14.2 Å². The Balaban J connectivity index is 1.45. The normalized spacial score (nSPS) is 22.7. The van der Waals surface area contributed by atoms with E-state index in [0.29, 0.717) is 30.1 Å². The minimum Gasteiger partial charge on any atom is -0.444 e. The number of aromatic nitrogens is 2. The van der Waals surface area contributed by atoms with Crippen LogP contribution in [-0.4, -0.2) is 45.6 Å². The van der Waals surface area contributed by atoms with Crippen LogP contribution in [0.15, 0.2) is 4.52 Å². The summed E-state index contributed by atoms with van der Waals surface area (Å²) in [5, 5.41) is 4.53. The van der Waals surface area contributed by atoms with Gasteiger partial charge in [-0.1, -0.05) is 11.6 Å². The van der Waals surface area contributed by atoms with E-state index in [0.717, 1.165) is 18.7 Å². The van der Waals surface area contributed by atoms with Crippen molar-refractivity contribution in [2.75, 3.05) is 18.8 Å². The van der Waals surface area contributed by atoms with Crippen molar-refractivity contribution in [3.05, 3.63) is 11.7 Å². The Kier molecular flexibility index (Phi) is 4.85. The lowest BCUT2D eigenvalue weighted by Crippen LogP contribution is -2.52. The van der Waals surface area contributed by atoms with E-state index < -0.39 is 5.60 Å². The van der Waals surface area contributed by atoms with E-state index in [4.69, 9.17) is 9.26 Å². The summed E-state index contributed by atoms with van der Waals surface area (Å²) in [6.07, 6.45) is 4.17. The number of amides is 1. The highest BCUT2D eigenvalue weighted by atomic mass is 32.2. The number of likely N-dealkylation sites (tertiary alicyclic amines) is 1. The van der Waals surface area contributed by atoms with Crippen LogP contribution in [0.1, 0.15) is 57.0 Å². The van der Waals surface area contributed by atoms with Crippen LogP contribution in [0.4, 0.5) is 4.79 Å². The number of hydrogen-bond donors (Lipinski definition) is 0. The lowest BCUT2D eigenvalue weighted by molar-refractivity contribution is -0.00186. The van der Waals surface area contributed by atoms with Crippen LogP contribution in [0.2, 0.25) is 0 Å². The van der Waals surface area contributed by atoms with Crippen molar-refractivity contribution in [3.63, 3.8) is 0 Å². The van der Waals surface area contributed by atoms with Crippen molar-refractivity contribution in [3.8, 4) is 0 Å². The first-order valence-electron chi connectivity index (χ1n) is 8.33. The zero-order valence-corrected chi connectivity index (χ0v) is 14.9. The van der Waals surface area contributed by atoms with Gasteiger partial charge in [-0.25, -0.2) is 4.79 Å². The average Bonchev–Trinajstić information content (AvgIpc) is 2.90. The summed E-state index contributed by atoms with van der Waals surface area (Å²) in [5.41, 5.74) is -0.443. The summed E-state index contributed by atoms with van der Waals surface area (Å²) in [5.74, 6) is 3.10. The summed E-state index contributed by atoms with van der Waals surface area (Å²) < 4.78 is 10.7. The summed E-state index contributed by atoms with van der Waals surface area (Å²) >= 11 is 1.92. The molecule has 0 bridgehead atoms. The van der Waals surface area contributed by atoms with E-state index >= 15 is 0 Å². The largest absolute Gasteiger partial charge is 0.444 e. The zero-order valence-electron chi connectivity index (χ0n) is 14.1. The topological polar surface area (TPSA) is 68.5 Å². The molecule has 0 N–H and O–H groups in total. The molecule has 0 aliphatic carbocycles. The van der Waals surface area contributed by atoms with Crippen LogP contribution in [0, 0.1) is 5.92 Å². The molecule has 0 spiro atoms. The minimum absolute atomic E-state index is 0.237. The number of carbonyl (C=O) groups is 1. The van der Waals surface area contributed by atoms with Crippen LogP contribution in [0.25, 0.3) is 0 Å². The SMILES string of the molecule is CC(C)(C)OC(=O)N1CC(Cc2nc(C3CCCCS3)no2)C1. The Labute approximate surface area is 141 Å². The number of thioether (sulfide) groups is 1. The molecule has 2 saturated heterocycles. The highest BCUT2D eigenvalue weighted by Crippen LogP contribution is 2.36. The van der Waals surface area contributed by atoms with Crippen molar-refractivity contribution in [2.24, 2.45) is 5.92 Å². The first-order chi connectivity index (χ1) is 10.9. The van der Waals surface area contributed by atoms with Gasteiger partial charge in [-0.05, 0) is 39.4 Å². The molecule has 2 aliphatic heterocycles. The lowest BCUT2D eigenvalue weighted by atomic mass is 9.97. The van der Waals surface area contributed by atoms with Gasteiger partial charge in [0.2, 0.25) is 5.89 Å². The molecule has 2 aliphatic rings. The van der Waals surface area contributed by atoms with Crippen molar-refractivity contribution in [1.29, 1.82) is 0 Å². The second kappa shape index (κ2) is 6.71. The van der Waals surface area contributed by atoms with Crippen LogP contribution in [0.5, 0.6) is 0 Å². The summed E-state index contributed by atoms with van der Waals surface area (Å²) in [4.78, 5) is 18.2. The molecule has 0 aromatic carbocycles. The molecular formula is C16H25N3O3S. The van der Waals surface area contributed by atoms with Gasteiger partial charge in [-0.2, -0.15) is 16.7 Å². The molecule has 128 valence electrons. The van der Waals surface area contributed by atoms with Gasteiger partial charge >= 0.3 is 6.09 Å². The molecule has 0 radical (unpaired) electrons. The van der Waals surface area contributed by atoms with E-state index in [-0.39, 0.29) is 6.09 Å². The third-order valence-electron chi connectivity index (χ3n) is 4.02. The molecule has 6 nitrogen and oxygen atoms in total. The first-order valence-corrected chi connectivity index (χ1v) is 9.37. The molecule has 1 aromatic heterocycles. The Bertz CT molecular complexity index is 543. The van der Waals surface area contributed by atoms with Crippen LogP contribution in [0.3, 0.4) is 0 Å². The third-order valence-corrected chi connectivity index (χ3v) is 5.40. The van der Waals surface area contributed by atoms with Crippen molar-refractivity contribution in [1.82, 2.24) is 15.0 Å². The maximum atomic E-state index is 11.9. The van der Waals surface area contributed by atoms with Gasteiger partial charge in [0.05, 0.1) is 5.25 Å². The fraction of sp³-hybridized carbons (Fsp3) is 0.812. The fourth-order valence-corrected chi connectivity index (χ4v) is 4.08. The molecule has 0 saturated carbocycles. The van der Waals surface area contributed by atoms with Crippen LogP contribution in [-0.2, 0) is 11.2 Å². The smallest absolute Gasteiger partial charge is 0.410 e. The van der Waals surface area contributed by atoms with Gasteiger partial charge in [-0.15, -0.1) is 0 Å². The molecule has 1 atom stereocenters. The molecule has 1 aromatic rings. The van der Waals surface area contributed by atoms with E-state index in [1.165, 1.54) is 18.6 Å². The Morgan fingerprint density at radius 2 is 2.17 bits per heavy atom. The van der Waals surface area contributed by atoms with E-state index in [1.807, 2.05) is 32.5 Å². The number of nitrogens with zero attached hydrogens (tertiary/aromatic N) is 3. The molecule has 23 heavy (non-hydrogen) atoms. The van der Waals surface area contributed by atoms with Gasteiger partial charge in [0.15, 0.2) is 5.82 Å². The third kappa shape index (κ3) is 4.40. The van der Waals surface area contributed by atoms with Crippen molar-refractivity contribution < 1.29 is 14.1 Å². The van der Waals surface area contributed by atoms with E-state index in [9.17, 15) is 4.79 Å². The molecule has 3 rings (SSSR count). The Hall–Kier alpha value is -1.24. The van der Waals surface area contributed by atoms with E-state index in [1.54, 1.807) is 4.90 Å². The second-order valence-electron chi connectivity index (χ2n) is 7.36. The Morgan fingerprint density at radius 3 is 2.83 bits per heavy atom. The quantitative estimate of drug-likeness (QED) is 0.840. The van der Waals surface area contributed by atoms with Crippen molar-refractivity contribution >= 4 is 17.9 Å². The zero-order chi connectivity index (χ0) is 16.4. The monoisotopic (exact) mass is 339 g/mol. The maximum Gasteiger partial charge on any atom is 0.410 e. The molecule has 7 heteroatoms. The molecule has 2 fully saturated rings. The van der Waals surface area contributed by atoms with Gasteiger partial charge in [0, 0.05) is 25.4 Å². The van der Waals surface area contributed by atoms with Gasteiger partial charge in [0.25, 0.3) is 0 Å². The predicted molar refractivity (Wildman–Crippen MR) is 88.3 cm³/mol. The standard InChI is InChI=1S/C16H25N3O3S/c1-16(2,3)21-15(20)19-9-11(10-19)8-13-17-14(18-22-13)12-6-4-5-7-23-12/h11-12H,4-10H2,1-3H3. The summed E-state index contributed by atoms with van der Waals surface area (Å²) in [6, 6.07) is 0. The second-order valence-corrected chi connectivity index (χ2v) is 8.67. The maximum absolute atomic E-state index is 11.9. The molecule has 1 amide bonds. The summed E-state index contributed by atoms with van der Waals surface area (Å²) in [6.45, 7) is 7.04. The highest BCUT2D eigenvalue weighted by Gasteiger charge is 2.35. The Morgan fingerprint density at radius 1 is 1.39 bits per heavy atom. The van der Waals surface area contributed by atoms with Gasteiger partial charge in [-0.3, -0.25) is 0 Å². The predicted octanol–water partition coefficient (Wildman–Crippen LogP) is 3.44. The lowest BCUT2D eigenvalue weighted by Gasteiger charge is -2.39. The fourth-order valence-electron chi connectivity index (χ4n) is 2.85. The minimum atomic E-state index is -0.443. The van der Waals surface area contributed by atoms with Crippen molar-refractivity contribution in [2.45, 2.75) is 57.3 Å². The van der Waals surface area contributed by atoms with Gasteiger partial charge in [0.1, 0.15) is 5.60 Å². The highest BCUT2D eigenvalue weighted by molar-refractivity contribution is 7.99. The van der Waals surface area contributed by atoms with Crippen LogP contribution < -0.4 is 0 Å².